The molecule has 0 aliphatic carbocycles. The summed E-state index contributed by atoms with van der Waals surface area (Å²) in [6.45, 7) is 0. The third-order valence-electron chi connectivity index (χ3n) is 5.63. The third-order valence-corrected chi connectivity index (χ3v) is 7.62. The molecule has 0 N–H and O–H groups in total. The molecule has 0 radical (unpaired) electrons. The van der Waals surface area contributed by atoms with Crippen molar-refractivity contribution in [2.24, 2.45) is 0 Å². The van der Waals surface area contributed by atoms with Crippen LogP contribution in [0, 0.1) is 0 Å². The summed E-state index contributed by atoms with van der Waals surface area (Å²) >= 11 is 9.79. The van der Waals surface area contributed by atoms with E-state index in [-0.39, 0.29) is 0 Å². The normalized spacial score (nSPS) is 10.8. The number of para-hydroxylation sites is 2. The summed E-state index contributed by atoms with van der Waals surface area (Å²) in [6, 6.07) is 44.5. The molecule has 0 amide bonds. The zero-order chi connectivity index (χ0) is 24.0. The van der Waals surface area contributed by atoms with Gasteiger partial charge in [-0.3, -0.25) is 0 Å². The van der Waals surface area contributed by atoms with Gasteiger partial charge in [-0.25, -0.2) is 0 Å². The number of hydrogen-bond acceptors (Lipinski definition) is 3. The van der Waals surface area contributed by atoms with Crippen LogP contribution in [0.15, 0.2) is 142 Å². The molecule has 0 spiro atoms. The van der Waals surface area contributed by atoms with Gasteiger partial charge in [0.2, 0.25) is 0 Å². The highest BCUT2D eigenvalue weighted by molar-refractivity contribution is 7.99. The maximum atomic E-state index is 6.30. The first-order valence-corrected chi connectivity index (χ1v) is 13.8. The number of rotatable bonds is 7. The Hall–Kier alpha value is -3.11. The predicted octanol–water partition coefficient (Wildman–Crippen LogP) is 10.3. The standard InChI is InChI=1S/C31H24ClNS2/c1-34-31-18-9-8-17-30(31)23-19-27(22-29(20-23)35-28-16-10-11-24(32)21-28)33(25-12-4-2-5-13-25)26-14-6-3-7-15-26/h2-22H,1H3. The predicted molar refractivity (Wildman–Crippen MR) is 154 cm³/mol. The molecule has 172 valence electrons. The molecular weight excluding hydrogens is 486 g/mol. The number of hydrogen-bond donors (Lipinski definition) is 0. The van der Waals surface area contributed by atoms with E-state index >= 15 is 0 Å². The van der Waals surface area contributed by atoms with Crippen molar-refractivity contribution in [2.75, 3.05) is 11.2 Å². The lowest BCUT2D eigenvalue weighted by Crippen LogP contribution is -2.10. The van der Waals surface area contributed by atoms with Crippen LogP contribution in [-0.2, 0) is 0 Å². The maximum Gasteiger partial charge on any atom is 0.0479 e. The quantitative estimate of drug-likeness (QED) is 0.201. The van der Waals surface area contributed by atoms with Gasteiger partial charge in [-0.15, -0.1) is 11.8 Å². The van der Waals surface area contributed by atoms with Crippen LogP contribution in [0.3, 0.4) is 0 Å². The van der Waals surface area contributed by atoms with E-state index in [9.17, 15) is 0 Å². The molecule has 0 unspecified atom stereocenters. The Labute approximate surface area is 220 Å². The lowest BCUT2D eigenvalue weighted by Gasteiger charge is -2.26. The van der Waals surface area contributed by atoms with Crippen molar-refractivity contribution in [3.63, 3.8) is 0 Å². The fourth-order valence-electron chi connectivity index (χ4n) is 4.08. The summed E-state index contributed by atoms with van der Waals surface area (Å²) in [5.41, 5.74) is 5.77. The summed E-state index contributed by atoms with van der Waals surface area (Å²) < 4.78 is 0. The number of nitrogens with zero attached hydrogens (tertiary/aromatic N) is 1. The largest absolute Gasteiger partial charge is 0.310 e. The molecule has 0 bridgehead atoms. The average Bonchev–Trinajstić information content (AvgIpc) is 2.90. The first kappa shape index (κ1) is 23.6. The monoisotopic (exact) mass is 509 g/mol. The molecule has 0 fully saturated rings. The Balaban J connectivity index is 1.70. The summed E-state index contributed by atoms with van der Waals surface area (Å²) in [7, 11) is 0. The van der Waals surface area contributed by atoms with E-state index in [0.29, 0.717) is 0 Å². The van der Waals surface area contributed by atoms with Crippen molar-refractivity contribution in [1.82, 2.24) is 0 Å². The molecule has 5 rings (SSSR count). The van der Waals surface area contributed by atoms with Gasteiger partial charge < -0.3 is 4.90 Å². The number of benzene rings is 5. The first-order valence-electron chi connectivity index (χ1n) is 11.3. The van der Waals surface area contributed by atoms with Crippen molar-refractivity contribution >= 4 is 52.2 Å². The zero-order valence-corrected chi connectivity index (χ0v) is 21.7. The Kier molecular flexibility index (Phi) is 7.48. The SMILES string of the molecule is CSc1ccccc1-c1cc(Sc2cccc(Cl)c2)cc(N(c2ccccc2)c2ccccc2)c1. The van der Waals surface area contributed by atoms with Crippen molar-refractivity contribution in [2.45, 2.75) is 14.7 Å². The van der Waals surface area contributed by atoms with E-state index < -0.39 is 0 Å². The smallest absolute Gasteiger partial charge is 0.0479 e. The molecule has 35 heavy (non-hydrogen) atoms. The molecule has 5 aromatic carbocycles. The lowest BCUT2D eigenvalue weighted by atomic mass is 10.0. The third kappa shape index (κ3) is 5.59. The van der Waals surface area contributed by atoms with E-state index in [1.165, 1.54) is 16.0 Å². The molecule has 0 aliphatic heterocycles. The van der Waals surface area contributed by atoms with Crippen LogP contribution in [0.4, 0.5) is 17.1 Å². The van der Waals surface area contributed by atoms with Gasteiger partial charge in [0.15, 0.2) is 0 Å². The van der Waals surface area contributed by atoms with Gasteiger partial charge in [0.1, 0.15) is 0 Å². The molecule has 0 aliphatic rings. The number of thioether (sulfide) groups is 1. The molecule has 1 nitrogen and oxygen atoms in total. The van der Waals surface area contributed by atoms with Gasteiger partial charge in [0.25, 0.3) is 0 Å². The molecule has 0 heterocycles. The highest BCUT2D eigenvalue weighted by Gasteiger charge is 2.16. The summed E-state index contributed by atoms with van der Waals surface area (Å²) in [5.74, 6) is 0. The second kappa shape index (κ2) is 11.1. The molecule has 4 heteroatoms. The molecule has 5 aromatic rings. The topological polar surface area (TPSA) is 3.24 Å². The average molecular weight is 510 g/mol. The summed E-state index contributed by atoms with van der Waals surface area (Å²) in [4.78, 5) is 5.85. The van der Waals surface area contributed by atoms with Gasteiger partial charge in [-0.1, -0.05) is 84.0 Å². The second-order valence-electron chi connectivity index (χ2n) is 7.98. The van der Waals surface area contributed by atoms with Crippen molar-refractivity contribution in [1.29, 1.82) is 0 Å². The second-order valence-corrected chi connectivity index (χ2v) is 10.4. The summed E-state index contributed by atoms with van der Waals surface area (Å²) in [6.07, 6.45) is 2.13. The molecule has 0 aromatic heterocycles. The Bertz CT molecular complexity index is 1380. The van der Waals surface area contributed by atoms with Crippen LogP contribution in [0.5, 0.6) is 0 Å². The Morgan fingerprint density at radius 2 is 1.23 bits per heavy atom. The Morgan fingerprint density at radius 1 is 0.571 bits per heavy atom. The fraction of sp³-hybridized carbons (Fsp3) is 0.0323. The van der Waals surface area contributed by atoms with Crippen LogP contribution in [0.25, 0.3) is 11.1 Å². The maximum absolute atomic E-state index is 6.30. The Morgan fingerprint density at radius 3 is 1.89 bits per heavy atom. The molecule has 0 saturated carbocycles. The highest BCUT2D eigenvalue weighted by atomic mass is 35.5. The zero-order valence-electron chi connectivity index (χ0n) is 19.3. The molecule has 0 saturated heterocycles. The fourth-order valence-corrected chi connectivity index (χ4v) is 5.92. The minimum atomic E-state index is 0.745. The van der Waals surface area contributed by atoms with Crippen molar-refractivity contribution in [3.8, 4) is 11.1 Å². The molecular formula is C31H24ClNS2. The minimum absolute atomic E-state index is 0.745. The van der Waals surface area contributed by atoms with Crippen LogP contribution < -0.4 is 4.90 Å². The highest BCUT2D eigenvalue weighted by Crippen LogP contribution is 2.42. The van der Waals surface area contributed by atoms with E-state index in [1.807, 2.05) is 18.2 Å². The van der Waals surface area contributed by atoms with Gasteiger partial charge in [0.05, 0.1) is 0 Å². The minimum Gasteiger partial charge on any atom is -0.310 e. The lowest BCUT2D eigenvalue weighted by molar-refractivity contribution is 1.26. The van der Waals surface area contributed by atoms with E-state index in [1.54, 1.807) is 23.5 Å². The number of halogens is 1. The number of anilines is 3. The van der Waals surface area contributed by atoms with Crippen LogP contribution in [0.1, 0.15) is 0 Å². The van der Waals surface area contributed by atoms with Gasteiger partial charge >= 0.3 is 0 Å². The van der Waals surface area contributed by atoms with Crippen LogP contribution in [-0.4, -0.2) is 6.26 Å². The van der Waals surface area contributed by atoms with E-state index in [2.05, 4.69) is 120 Å². The van der Waals surface area contributed by atoms with Gasteiger partial charge in [0, 0.05) is 36.8 Å². The first-order chi connectivity index (χ1) is 17.2. The van der Waals surface area contributed by atoms with Crippen LogP contribution >= 0.6 is 35.1 Å². The summed E-state index contributed by atoms with van der Waals surface area (Å²) in [5, 5.41) is 0.745. The van der Waals surface area contributed by atoms with Gasteiger partial charge in [-0.2, -0.15) is 0 Å². The van der Waals surface area contributed by atoms with E-state index in [4.69, 9.17) is 11.6 Å². The van der Waals surface area contributed by atoms with Crippen LogP contribution in [0.2, 0.25) is 5.02 Å². The van der Waals surface area contributed by atoms with Crippen molar-refractivity contribution in [3.05, 3.63) is 132 Å². The van der Waals surface area contributed by atoms with Crippen molar-refractivity contribution < 1.29 is 0 Å². The molecule has 0 atom stereocenters. The van der Waals surface area contributed by atoms with Gasteiger partial charge in [-0.05, 0) is 84.1 Å². The van der Waals surface area contributed by atoms with E-state index in [0.717, 1.165) is 31.9 Å².